The lowest BCUT2D eigenvalue weighted by molar-refractivity contribution is -0.123. The van der Waals surface area contributed by atoms with Gasteiger partial charge in [0.05, 0.1) is 11.2 Å². The number of ether oxygens (including phenoxy) is 4. The molecule has 8 nitrogen and oxygen atoms in total. The first-order valence-electron chi connectivity index (χ1n) is 11.8. The minimum absolute atomic E-state index is 0.0657. The molecule has 1 aliphatic heterocycles. The van der Waals surface area contributed by atoms with Crippen LogP contribution >= 0.6 is 11.6 Å². The van der Waals surface area contributed by atoms with Crippen molar-refractivity contribution >= 4 is 29.4 Å². The summed E-state index contributed by atoms with van der Waals surface area (Å²) in [7, 11) is 0. The first-order chi connectivity index (χ1) is 18.0. The highest BCUT2D eigenvalue weighted by Gasteiger charge is 2.15. The van der Waals surface area contributed by atoms with Gasteiger partial charge in [0.25, 0.3) is 5.91 Å². The fourth-order valence-corrected chi connectivity index (χ4v) is 3.90. The molecule has 37 heavy (non-hydrogen) atoms. The Balaban J connectivity index is 1.42. The second-order valence-corrected chi connectivity index (χ2v) is 8.39. The number of hydrogen-bond donors (Lipinski definition) is 1. The molecule has 1 amide bonds. The van der Waals surface area contributed by atoms with Crippen LogP contribution in [0.3, 0.4) is 0 Å². The number of hydrazone groups is 1. The molecule has 1 heterocycles. The Labute approximate surface area is 219 Å². The summed E-state index contributed by atoms with van der Waals surface area (Å²) in [6.45, 7) is 5.57. The first kappa shape index (κ1) is 26.1. The van der Waals surface area contributed by atoms with E-state index in [1.54, 1.807) is 30.3 Å². The van der Waals surface area contributed by atoms with Crippen LogP contribution in [0.2, 0.25) is 5.02 Å². The number of nitrogens with zero attached hydrogens (tertiary/aromatic N) is 2. The summed E-state index contributed by atoms with van der Waals surface area (Å²) in [5.74, 6) is 1.24. The van der Waals surface area contributed by atoms with Crippen LogP contribution in [0.15, 0.2) is 59.7 Å². The molecule has 194 valence electrons. The second-order valence-electron chi connectivity index (χ2n) is 7.98. The SMILES string of the molecule is CCN(CC)c1ccc(/C=N\NC(=O)COc2ccc3c(c2)OCO3)c(OCc2c(F)cccc2Cl)c1. The third-order valence-corrected chi connectivity index (χ3v) is 6.02. The second kappa shape index (κ2) is 12.3. The predicted molar refractivity (Wildman–Crippen MR) is 140 cm³/mol. The van der Waals surface area contributed by atoms with Crippen LogP contribution in [0.4, 0.5) is 10.1 Å². The van der Waals surface area contributed by atoms with Crippen molar-refractivity contribution in [1.82, 2.24) is 5.43 Å². The maximum atomic E-state index is 14.3. The molecule has 0 unspecified atom stereocenters. The van der Waals surface area contributed by atoms with Gasteiger partial charge >= 0.3 is 0 Å². The van der Waals surface area contributed by atoms with Gasteiger partial charge in [-0.05, 0) is 50.2 Å². The van der Waals surface area contributed by atoms with Crippen molar-refractivity contribution in [3.05, 3.63) is 76.6 Å². The Bertz CT molecular complexity index is 1260. The summed E-state index contributed by atoms with van der Waals surface area (Å²) >= 11 is 6.16. The van der Waals surface area contributed by atoms with Crippen molar-refractivity contribution in [3.8, 4) is 23.0 Å². The van der Waals surface area contributed by atoms with Crippen LogP contribution in [0.25, 0.3) is 0 Å². The van der Waals surface area contributed by atoms with Crippen molar-refractivity contribution < 1.29 is 28.1 Å². The maximum Gasteiger partial charge on any atom is 0.277 e. The Morgan fingerprint density at radius 1 is 1.11 bits per heavy atom. The molecule has 1 aliphatic rings. The van der Waals surface area contributed by atoms with Gasteiger partial charge in [0, 0.05) is 42.0 Å². The topological polar surface area (TPSA) is 81.6 Å². The van der Waals surface area contributed by atoms with E-state index >= 15 is 0 Å². The number of carbonyl (C=O) groups excluding carboxylic acids is 1. The number of fused-ring (bicyclic) bond motifs is 1. The highest BCUT2D eigenvalue weighted by molar-refractivity contribution is 6.31. The quantitative estimate of drug-likeness (QED) is 0.274. The fraction of sp³-hybridized carbons (Fsp3) is 0.259. The number of halogens is 2. The van der Waals surface area contributed by atoms with Gasteiger partial charge in [0.1, 0.15) is 23.9 Å². The van der Waals surface area contributed by atoms with Crippen LogP contribution in [-0.4, -0.2) is 38.6 Å². The molecule has 0 fully saturated rings. The van der Waals surface area contributed by atoms with Gasteiger partial charge in [-0.25, -0.2) is 9.82 Å². The third kappa shape index (κ3) is 6.62. The standard InChI is InChI=1S/C27H27ClFN3O5/c1-3-32(4-2)19-9-8-18(25(12-19)35-15-21-22(28)6-5-7-23(21)29)14-30-31-27(33)16-34-20-10-11-24-26(13-20)37-17-36-24/h5-14H,3-4,15-17H2,1-2H3,(H,31,33)/b30-14-. The monoisotopic (exact) mass is 527 g/mol. The fourth-order valence-electron chi connectivity index (χ4n) is 3.68. The van der Waals surface area contributed by atoms with E-state index in [1.165, 1.54) is 12.3 Å². The molecule has 3 aromatic rings. The molecular formula is C27H27ClFN3O5. The van der Waals surface area contributed by atoms with Gasteiger partial charge in [-0.3, -0.25) is 4.79 Å². The number of rotatable bonds is 11. The van der Waals surface area contributed by atoms with E-state index in [-0.39, 0.29) is 30.6 Å². The molecule has 0 saturated carbocycles. The number of hydrogen-bond acceptors (Lipinski definition) is 7. The average Bonchev–Trinajstić information content (AvgIpc) is 3.37. The molecule has 0 aromatic heterocycles. The van der Waals surface area contributed by atoms with Crippen LogP contribution in [-0.2, 0) is 11.4 Å². The Morgan fingerprint density at radius 3 is 2.70 bits per heavy atom. The van der Waals surface area contributed by atoms with Crippen molar-refractivity contribution in [1.29, 1.82) is 0 Å². The van der Waals surface area contributed by atoms with Crippen molar-refractivity contribution in [3.63, 3.8) is 0 Å². The molecule has 10 heteroatoms. The number of carbonyl (C=O) groups is 1. The van der Waals surface area contributed by atoms with Crippen molar-refractivity contribution in [2.24, 2.45) is 5.10 Å². The summed E-state index contributed by atoms with van der Waals surface area (Å²) in [6, 6.07) is 15.2. The Kier molecular flexibility index (Phi) is 8.68. The van der Waals surface area contributed by atoms with E-state index in [4.69, 9.17) is 30.5 Å². The van der Waals surface area contributed by atoms with Crippen LogP contribution < -0.4 is 29.3 Å². The lowest BCUT2D eigenvalue weighted by Gasteiger charge is -2.22. The van der Waals surface area contributed by atoms with Crippen LogP contribution in [0, 0.1) is 5.82 Å². The number of anilines is 1. The minimum atomic E-state index is -0.450. The molecular weight excluding hydrogens is 501 g/mol. The van der Waals surface area contributed by atoms with E-state index in [1.807, 2.05) is 18.2 Å². The zero-order chi connectivity index (χ0) is 26.2. The lowest BCUT2D eigenvalue weighted by atomic mass is 10.1. The molecule has 0 aliphatic carbocycles. The van der Waals surface area contributed by atoms with Crippen molar-refractivity contribution in [2.75, 3.05) is 31.4 Å². The summed E-state index contributed by atoms with van der Waals surface area (Å²) < 4.78 is 36.3. The van der Waals surface area contributed by atoms with E-state index < -0.39 is 11.7 Å². The molecule has 1 N–H and O–H groups in total. The Hall–Kier alpha value is -3.98. The highest BCUT2D eigenvalue weighted by atomic mass is 35.5. The molecule has 0 atom stereocenters. The number of nitrogens with one attached hydrogen (secondary N) is 1. The number of benzene rings is 3. The summed E-state index contributed by atoms with van der Waals surface area (Å²) in [5.41, 5.74) is 4.23. The van der Waals surface area contributed by atoms with E-state index in [0.717, 1.165) is 18.8 Å². The van der Waals surface area contributed by atoms with Gasteiger partial charge in [-0.2, -0.15) is 5.10 Å². The average molecular weight is 528 g/mol. The van der Waals surface area contributed by atoms with Gasteiger partial charge in [0.2, 0.25) is 6.79 Å². The van der Waals surface area contributed by atoms with Crippen molar-refractivity contribution in [2.45, 2.75) is 20.5 Å². The maximum absolute atomic E-state index is 14.3. The summed E-state index contributed by atoms with van der Waals surface area (Å²) in [6.07, 6.45) is 1.46. The zero-order valence-corrected chi connectivity index (χ0v) is 21.3. The lowest BCUT2D eigenvalue weighted by Crippen LogP contribution is -2.24. The normalized spacial score (nSPS) is 12.0. The molecule has 0 saturated heterocycles. The number of amides is 1. The first-order valence-corrected chi connectivity index (χ1v) is 12.1. The van der Waals surface area contributed by atoms with Gasteiger partial charge < -0.3 is 23.8 Å². The molecule has 4 rings (SSSR count). The predicted octanol–water partition coefficient (Wildman–Crippen LogP) is 5.16. The summed E-state index contributed by atoms with van der Waals surface area (Å²) in [5, 5.41) is 4.32. The van der Waals surface area contributed by atoms with Crippen LogP contribution in [0.5, 0.6) is 23.0 Å². The highest BCUT2D eigenvalue weighted by Crippen LogP contribution is 2.35. The zero-order valence-electron chi connectivity index (χ0n) is 20.5. The van der Waals surface area contributed by atoms with E-state index in [0.29, 0.717) is 28.6 Å². The Morgan fingerprint density at radius 2 is 1.92 bits per heavy atom. The van der Waals surface area contributed by atoms with Crippen LogP contribution in [0.1, 0.15) is 25.0 Å². The smallest absolute Gasteiger partial charge is 0.277 e. The third-order valence-electron chi connectivity index (χ3n) is 5.67. The molecule has 3 aromatic carbocycles. The van der Waals surface area contributed by atoms with E-state index in [9.17, 15) is 9.18 Å². The molecule has 0 spiro atoms. The largest absolute Gasteiger partial charge is 0.488 e. The molecule has 0 radical (unpaired) electrons. The van der Waals surface area contributed by atoms with Gasteiger partial charge in [-0.1, -0.05) is 17.7 Å². The molecule has 0 bridgehead atoms. The van der Waals surface area contributed by atoms with Gasteiger partial charge in [-0.15, -0.1) is 0 Å². The minimum Gasteiger partial charge on any atom is -0.488 e. The van der Waals surface area contributed by atoms with Gasteiger partial charge in [0.15, 0.2) is 18.1 Å². The van der Waals surface area contributed by atoms with E-state index in [2.05, 4.69) is 29.3 Å². The summed E-state index contributed by atoms with van der Waals surface area (Å²) in [4.78, 5) is 14.4.